The maximum Gasteiger partial charge on any atom is 0.300 e. The zero-order chi connectivity index (χ0) is 24.1. The van der Waals surface area contributed by atoms with E-state index in [2.05, 4.69) is 11.9 Å². The molecular formula is C27H25FN2O4. The van der Waals surface area contributed by atoms with Gasteiger partial charge >= 0.3 is 0 Å². The molecule has 0 radical (unpaired) electrons. The van der Waals surface area contributed by atoms with Gasteiger partial charge in [0.2, 0.25) is 0 Å². The number of halogens is 1. The largest absolute Gasteiger partial charge is 0.507 e. The van der Waals surface area contributed by atoms with Crippen LogP contribution in [-0.4, -0.2) is 28.4 Å². The molecule has 1 aliphatic rings. The molecule has 7 heteroatoms. The Balaban J connectivity index is 1.74. The second kappa shape index (κ2) is 10.3. The number of hydrogen-bond acceptors (Lipinski definition) is 5. The molecule has 0 aliphatic carbocycles. The average Bonchev–Trinajstić information content (AvgIpc) is 3.13. The lowest BCUT2D eigenvalue weighted by Crippen LogP contribution is -2.29. The van der Waals surface area contributed by atoms with E-state index in [0.29, 0.717) is 23.5 Å². The number of carbonyl (C=O) groups is 2. The molecule has 3 aromatic rings. The fraction of sp³-hybridized carbons (Fsp3) is 0.222. The van der Waals surface area contributed by atoms with E-state index in [4.69, 9.17) is 4.74 Å². The first kappa shape index (κ1) is 23.2. The van der Waals surface area contributed by atoms with Gasteiger partial charge in [0.15, 0.2) is 0 Å². The molecule has 34 heavy (non-hydrogen) atoms. The van der Waals surface area contributed by atoms with E-state index < -0.39 is 23.5 Å². The Morgan fingerprint density at radius 1 is 1.06 bits per heavy atom. The number of aliphatic hydroxyl groups is 1. The van der Waals surface area contributed by atoms with Crippen LogP contribution in [0, 0.1) is 5.82 Å². The van der Waals surface area contributed by atoms with Crippen LogP contribution in [0.1, 0.15) is 43.4 Å². The number of pyridine rings is 1. The predicted molar refractivity (Wildman–Crippen MR) is 127 cm³/mol. The van der Waals surface area contributed by atoms with Gasteiger partial charge < -0.3 is 9.84 Å². The maximum absolute atomic E-state index is 14.0. The van der Waals surface area contributed by atoms with Gasteiger partial charge in [-0.2, -0.15) is 0 Å². The number of ketones is 1. The normalized spacial score (nSPS) is 17.2. The van der Waals surface area contributed by atoms with Crippen molar-refractivity contribution >= 4 is 23.1 Å². The number of Topliss-reactive ketones (excluding diaryl/α,β-unsaturated/α-hetero) is 1. The van der Waals surface area contributed by atoms with E-state index in [-0.39, 0.29) is 17.0 Å². The summed E-state index contributed by atoms with van der Waals surface area (Å²) in [7, 11) is 0. The van der Waals surface area contributed by atoms with E-state index >= 15 is 0 Å². The van der Waals surface area contributed by atoms with Crippen molar-refractivity contribution < 1.29 is 23.8 Å². The molecule has 6 nitrogen and oxygen atoms in total. The third kappa shape index (κ3) is 4.69. The van der Waals surface area contributed by atoms with Crippen molar-refractivity contribution in [2.45, 2.75) is 32.2 Å². The van der Waals surface area contributed by atoms with Crippen LogP contribution in [0.3, 0.4) is 0 Å². The Morgan fingerprint density at radius 2 is 1.79 bits per heavy atom. The summed E-state index contributed by atoms with van der Waals surface area (Å²) in [5.41, 5.74) is 1.09. The van der Waals surface area contributed by atoms with Gasteiger partial charge in [-0.15, -0.1) is 0 Å². The first-order valence-corrected chi connectivity index (χ1v) is 11.2. The monoisotopic (exact) mass is 460 g/mol. The van der Waals surface area contributed by atoms with Gasteiger partial charge in [0, 0.05) is 23.6 Å². The number of benzene rings is 2. The van der Waals surface area contributed by atoms with Crippen molar-refractivity contribution in [3.05, 3.63) is 95.6 Å². The Kier molecular flexibility index (Phi) is 7.01. The van der Waals surface area contributed by atoms with Gasteiger partial charge in [-0.1, -0.05) is 25.8 Å². The molecule has 1 unspecified atom stereocenters. The molecule has 1 N–H and O–H groups in total. The lowest BCUT2D eigenvalue weighted by atomic mass is 9.95. The number of carbonyl (C=O) groups excluding carboxylic acids is 2. The second-order valence-corrected chi connectivity index (χ2v) is 8.01. The zero-order valence-corrected chi connectivity index (χ0v) is 18.8. The van der Waals surface area contributed by atoms with Crippen LogP contribution in [0.4, 0.5) is 10.1 Å². The highest BCUT2D eigenvalue weighted by Crippen LogP contribution is 2.42. The van der Waals surface area contributed by atoms with Gasteiger partial charge in [-0.25, -0.2) is 4.39 Å². The fourth-order valence-electron chi connectivity index (χ4n) is 3.99. The van der Waals surface area contributed by atoms with Gasteiger partial charge in [0.05, 0.1) is 18.2 Å². The quantitative estimate of drug-likeness (QED) is 0.210. The SMILES string of the molecule is CCCCCOc1ccc(/C(O)=C2\C(=O)C(=O)N(c3cccc(F)c3)C2c2ccncc2)cc1. The number of anilines is 1. The summed E-state index contributed by atoms with van der Waals surface area (Å²) in [5.74, 6) is -1.88. The third-order valence-corrected chi connectivity index (χ3v) is 5.70. The van der Waals surface area contributed by atoms with Crippen LogP contribution < -0.4 is 9.64 Å². The molecule has 0 saturated carbocycles. The topological polar surface area (TPSA) is 79.7 Å². The summed E-state index contributed by atoms with van der Waals surface area (Å²) in [5, 5.41) is 11.1. The molecule has 0 bridgehead atoms. The Labute approximate surface area is 197 Å². The molecule has 1 aromatic heterocycles. The molecule has 4 rings (SSSR count). The Hall–Kier alpha value is -4.00. The van der Waals surface area contributed by atoms with E-state index in [1.165, 1.54) is 35.5 Å². The molecule has 1 amide bonds. The molecule has 1 atom stereocenters. The number of nitrogens with zero attached hydrogens (tertiary/aromatic N) is 2. The smallest absolute Gasteiger partial charge is 0.300 e. The van der Waals surface area contributed by atoms with Gasteiger partial charge in [0.1, 0.15) is 17.3 Å². The van der Waals surface area contributed by atoms with E-state index in [1.54, 1.807) is 42.5 Å². The summed E-state index contributed by atoms with van der Waals surface area (Å²) < 4.78 is 19.7. The number of unbranched alkanes of at least 4 members (excludes halogenated alkanes) is 2. The summed E-state index contributed by atoms with van der Waals surface area (Å²) in [6.07, 6.45) is 6.20. The Bertz CT molecular complexity index is 1210. The van der Waals surface area contributed by atoms with Crippen LogP contribution in [-0.2, 0) is 9.59 Å². The number of ether oxygens (including phenoxy) is 1. The minimum absolute atomic E-state index is 0.0722. The molecule has 1 saturated heterocycles. The number of aliphatic hydroxyl groups excluding tert-OH is 1. The maximum atomic E-state index is 14.0. The van der Waals surface area contributed by atoms with E-state index in [1.807, 2.05) is 0 Å². The van der Waals surface area contributed by atoms with Crippen molar-refractivity contribution in [1.82, 2.24) is 4.98 Å². The van der Waals surface area contributed by atoms with E-state index in [0.717, 1.165) is 19.3 Å². The number of amides is 1. The second-order valence-electron chi connectivity index (χ2n) is 8.01. The highest BCUT2D eigenvalue weighted by molar-refractivity contribution is 6.51. The first-order chi connectivity index (χ1) is 16.5. The predicted octanol–water partition coefficient (Wildman–Crippen LogP) is 5.42. The van der Waals surface area contributed by atoms with Crippen molar-refractivity contribution in [1.29, 1.82) is 0 Å². The molecule has 0 spiro atoms. The number of rotatable bonds is 8. The van der Waals surface area contributed by atoms with E-state index in [9.17, 15) is 19.1 Å². The van der Waals surface area contributed by atoms with Crippen LogP contribution in [0.2, 0.25) is 0 Å². The van der Waals surface area contributed by atoms with Crippen LogP contribution in [0.25, 0.3) is 5.76 Å². The summed E-state index contributed by atoms with van der Waals surface area (Å²) >= 11 is 0. The van der Waals surface area contributed by atoms with Crippen molar-refractivity contribution in [3.8, 4) is 5.75 Å². The first-order valence-electron chi connectivity index (χ1n) is 11.2. The highest BCUT2D eigenvalue weighted by atomic mass is 19.1. The summed E-state index contributed by atoms with van der Waals surface area (Å²) in [6, 6.07) is 14.5. The van der Waals surface area contributed by atoms with Crippen LogP contribution in [0.15, 0.2) is 78.6 Å². The van der Waals surface area contributed by atoms with Crippen molar-refractivity contribution in [2.75, 3.05) is 11.5 Å². The lowest BCUT2D eigenvalue weighted by molar-refractivity contribution is -0.132. The summed E-state index contributed by atoms with van der Waals surface area (Å²) in [4.78, 5) is 31.4. The fourth-order valence-corrected chi connectivity index (χ4v) is 3.99. The highest BCUT2D eigenvalue weighted by Gasteiger charge is 2.47. The molecule has 1 aliphatic heterocycles. The molecule has 2 aromatic carbocycles. The van der Waals surface area contributed by atoms with Crippen molar-refractivity contribution in [3.63, 3.8) is 0 Å². The molecular weight excluding hydrogens is 435 g/mol. The van der Waals surface area contributed by atoms with Crippen LogP contribution in [0.5, 0.6) is 5.75 Å². The van der Waals surface area contributed by atoms with Gasteiger partial charge in [0.25, 0.3) is 11.7 Å². The number of aromatic nitrogens is 1. The lowest BCUT2D eigenvalue weighted by Gasteiger charge is -2.25. The summed E-state index contributed by atoms with van der Waals surface area (Å²) in [6.45, 7) is 2.72. The molecule has 174 valence electrons. The zero-order valence-electron chi connectivity index (χ0n) is 18.8. The molecule has 1 fully saturated rings. The Morgan fingerprint density at radius 3 is 2.47 bits per heavy atom. The minimum atomic E-state index is -0.935. The minimum Gasteiger partial charge on any atom is -0.507 e. The third-order valence-electron chi connectivity index (χ3n) is 5.70. The molecule has 2 heterocycles. The van der Waals surface area contributed by atoms with Gasteiger partial charge in [-0.05, 0) is 66.6 Å². The number of hydrogen-bond donors (Lipinski definition) is 1. The van der Waals surface area contributed by atoms with Crippen molar-refractivity contribution in [2.24, 2.45) is 0 Å². The standard InChI is InChI=1S/C27H25FN2O4/c1-2-3-4-16-34-22-10-8-19(9-11-22)25(31)23-24(18-12-14-29-15-13-18)30(27(33)26(23)32)21-7-5-6-20(28)17-21/h5-15,17,24,31H,2-4,16H2,1H3/b25-23+. The average molecular weight is 461 g/mol. The van der Waals surface area contributed by atoms with Crippen LogP contribution >= 0.6 is 0 Å². The van der Waals surface area contributed by atoms with Gasteiger partial charge in [-0.3, -0.25) is 19.5 Å².